The highest BCUT2D eigenvalue weighted by atomic mass is 79.9. The van der Waals surface area contributed by atoms with Gasteiger partial charge in [-0.25, -0.2) is 15.2 Å². The Balaban J connectivity index is 1.68. The van der Waals surface area contributed by atoms with E-state index in [1.807, 2.05) is 6.07 Å². The van der Waals surface area contributed by atoms with E-state index in [1.165, 1.54) is 31.9 Å². The Kier molecular flexibility index (Phi) is 6.64. The Hall–Kier alpha value is -3.59. The highest BCUT2D eigenvalue weighted by Gasteiger charge is 2.13. The van der Waals surface area contributed by atoms with Crippen molar-refractivity contribution in [1.29, 1.82) is 0 Å². The van der Waals surface area contributed by atoms with Crippen LogP contribution in [0.25, 0.3) is 0 Å². The molecule has 9 heteroatoms. The molecule has 0 atom stereocenters. The second kappa shape index (κ2) is 9.56. The molecule has 1 heterocycles. The summed E-state index contributed by atoms with van der Waals surface area (Å²) in [6.45, 7) is 0. The van der Waals surface area contributed by atoms with Crippen LogP contribution in [0, 0.1) is 0 Å². The average Bonchev–Trinajstić information content (AvgIpc) is 2.75. The summed E-state index contributed by atoms with van der Waals surface area (Å²) in [6.07, 6.45) is 5.65. The number of esters is 1. The van der Waals surface area contributed by atoms with Crippen molar-refractivity contribution in [2.75, 3.05) is 7.11 Å². The minimum atomic E-state index is -0.512. The van der Waals surface area contributed by atoms with Crippen LogP contribution in [0.1, 0.15) is 26.4 Å². The number of ether oxygens (including phenoxy) is 2. The van der Waals surface area contributed by atoms with Crippen LogP contribution in [0.3, 0.4) is 0 Å². The number of halogens is 1. The minimum absolute atomic E-state index is 0.150. The number of hydrogen-bond donors (Lipinski definition) is 1. The number of nitrogens with one attached hydrogen (secondary N) is 1. The molecule has 2 aromatic carbocycles. The van der Waals surface area contributed by atoms with Crippen LogP contribution in [-0.2, 0) is 0 Å². The van der Waals surface area contributed by atoms with Crippen molar-refractivity contribution in [3.05, 3.63) is 82.3 Å². The molecule has 0 aliphatic rings. The number of carbonyl (C=O) groups is 2. The van der Waals surface area contributed by atoms with E-state index in [9.17, 15) is 9.59 Å². The molecule has 0 saturated heterocycles. The number of benzene rings is 2. The van der Waals surface area contributed by atoms with Crippen LogP contribution in [-0.4, -0.2) is 35.2 Å². The summed E-state index contributed by atoms with van der Waals surface area (Å²) in [6, 6.07) is 11.8. The van der Waals surface area contributed by atoms with Gasteiger partial charge in [0.05, 0.1) is 25.1 Å². The number of aromatic nitrogens is 2. The minimum Gasteiger partial charge on any atom is -0.493 e. The normalized spacial score (nSPS) is 10.6. The number of nitrogens with zero attached hydrogens (tertiary/aromatic N) is 3. The van der Waals surface area contributed by atoms with Crippen molar-refractivity contribution in [3.63, 3.8) is 0 Å². The third kappa shape index (κ3) is 5.45. The molecule has 0 bridgehead atoms. The molecule has 0 radical (unpaired) electrons. The molecule has 3 aromatic rings. The summed E-state index contributed by atoms with van der Waals surface area (Å²) >= 11 is 3.32. The van der Waals surface area contributed by atoms with Crippen LogP contribution in [0.5, 0.6) is 11.5 Å². The van der Waals surface area contributed by atoms with E-state index in [-0.39, 0.29) is 11.4 Å². The lowest BCUT2D eigenvalue weighted by atomic mass is 10.2. The first-order chi connectivity index (χ1) is 14.1. The second-order valence-electron chi connectivity index (χ2n) is 5.60. The van der Waals surface area contributed by atoms with E-state index in [0.717, 1.165) is 4.47 Å². The van der Waals surface area contributed by atoms with Crippen LogP contribution in [0.2, 0.25) is 0 Å². The van der Waals surface area contributed by atoms with Crippen LogP contribution in [0.4, 0.5) is 0 Å². The Labute approximate surface area is 174 Å². The van der Waals surface area contributed by atoms with Gasteiger partial charge in [-0.2, -0.15) is 5.10 Å². The number of rotatable bonds is 6. The first kappa shape index (κ1) is 20.2. The van der Waals surface area contributed by atoms with Crippen LogP contribution >= 0.6 is 15.9 Å². The lowest BCUT2D eigenvalue weighted by Crippen LogP contribution is -2.19. The first-order valence-corrected chi connectivity index (χ1v) is 9.11. The maximum Gasteiger partial charge on any atom is 0.343 e. The summed E-state index contributed by atoms with van der Waals surface area (Å²) in [5.74, 6) is -0.390. The van der Waals surface area contributed by atoms with Gasteiger partial charge < -0.3 is 9.47 Å². The van der Waals surface area contributed by atoms with E-state index in [4.69, 9.17) is 9.47 Å². The molecule has 0 fully saturated rings. The lowest BCUT2D eigenvalue weighted by Gasteiger charge is -2.10. The summed E-state index contributed by atoms with van der Waals surface area (Å²) in [5, 5.41) is 3.88. The average molecular weight is 455 g/mol. The van der Waals surface area contributed by atoms with Gasteiger partial charge in [-0.15, -0.1) is 0 Å². The summed E-state index contributed by atoms with van der Waals surface area (Å²) in [4.78, 5) is 31.9. The topological polar surface area (TPSA) is 103 Å². The smallest absolute Gasteiger partial charge is 0.343 e. The van der Waals surface area contributed by atoms with Gasteiger partial charge in [-0.1, -0.05) is 22.0 Å². The van der Waals surface area contributed by atoms with Gasteiger partial charge in [-0.3, -0.25) is 9.78 Å². The molecule has 0 spiro atoms. The summed E-state index contributed by atoms with van der Waals surface area (Å²) in [7, 11) is 1.46. The van der Waals surface area contributed by atoms with Crippen molar-refractivity contribution in [1.82, 2.24) is 15.4 Å². The number of amides is 1. The summed E-state index contributed by atoms with van der Waals surface area (Å²) in [5.41, 5.74) is 3.54. The molecule has 1 N–H and O–H groups in total. The van der Waals surface area contributed by atoms with Gasteiger partial charge in [0.25, 0.3) is 5.91 Å². The molecule has 29 heavy (non-hydrogen) atoms. The van der Waals surface area contributed by atoms with Crippen molar-refractivity contribution < 1.29 is 19.1 Å². The predicted octanol–water partition coefficient (Wildman–Crippen LogP) is 3.23. The molecule has 0 unspecified atom stereocenters. The van der Waals surface area contributed by atoms with Crippen molar-refractivity contribution in [3.8, 4) is 11.5 Å². The van der Waals surface area contributed by atoms with Crippen LogP contribution in [0.15, 0.2) is 70.6 Å². The predicted molar refractivity (Wildman–Crippen MR) is 109 cm³/mol. The van der Waals surface area contributed by atoms with Gasteiger partial charge in [0.15, 0.2) is 11.5 Å². The lowest BCUT2D eigenvalue weighted by molar-refractivity contribution is 0.0729. The first-order valence-electron chi connectivity index (χ1n) is 8.32. The zero-order valence-electron chi connectivity index (χ0n) is 15.2. The Morgan fingerprint density at radius 1 is 1.14 bits per heavy atom. The van der Waals surface area contributed by atoms with Gasteiger partial charge in [0, 0.05) is 16.9 Å². The van der Waals surface area contributed by atoms with E-state index in [0.29, 0.717) is 16.9 Å². The molecule has 146 valence electrons. The van der Waals surface area contributed by atoms with Gasteiger partial charge in [-0.05, 0) is 42.0 Å². The van der Waals surface area contributed by atoms with Crippen molar-refractivity contribution in [2.24, 2.45) is 5.10 Å². The molecular weight excluding hydrogens is 440 g/mol. The zero-order valence-corrected chi connectivity index (χ0v) is 16.8. The van der Waals surface area contributed by atoms with Crippen molar-refractivity contribution in [2.45, 2.75) is 0 Å². The van der Waals surface area contributed by atoms with E-state index < -0.39 is 11.9 Å². The molecule has 1 aromatic heterocycles. The molecule has 0 aliphatic carbocycles. The zero-order chi connectivity index (χ0) is 20.6. The largest absolute Gasteiger partial charge is 0.493 e. The molecular formula is C20H15BrN4O4. The van der Waals surface area contributed by atoms with Gasteiger partial charge >= 0.3 is 5.97 Å². The third-order valence-corrected chi connectivity index (χ3v) is 4.12. The Morgan fingerprint density at radius 3 is 2.72 bits per heavy atom. The maximum absolute atomic E-state index is 12.3. The fraction of sp³-hybridized carbons (Fsp3) is 0.0500. The maximum atomic E-state index is 12.3. The van der Waals surface area contributed by atoms with Gasteiger partial charge in [0.1, 0.15) is 5.69 Å². The molecule has 0 aliphatic heterocycles. The number of carbonyl (C=O) groups excluding carboxylic acids is 2. The number of hydrazone groups is 1. The molecule has 1 amide bonds. The standard InChI is InChI=1S/C20H15BrN4O4/c1-28-18-9-13(11-24-25-19(26)16-12-22-7-8-23-16)5-6-17(18)29-20(27)14-3-2-4-15(21)10-14/h2-12H,1H3,(H,25,26)/b24-11+. The monoisotopic (exact) mass is 454 g/mol. The van der Waals surface area contributed by atoms with E-state index in [2.05, 4.69) is 36.4 Å². The fourth-order valence-corrected chi connectivity index (χ4v) is 2.66. The van der Waals surface area contributed by atoms with Crippen molar-refractivity contribution >= 4 is 34.0 Å². The van der Waals surface area contributed by atoms with E-state index in [1.54, 1.807) is 36.4 Å². The third-order valence-electron chi connectivity index (χ3n) is 3.63. The highest BCUT2D eigenvalue weighted by molar-refractivity contribution is 9.10. The van der Waals surface area contributed by atoms with E-state index >= 15 is 0 Å². The SMILES string of the molecule is COc1cc(/C=N/NC(=O)c2cnccn2)ccc1OC(=O)c1cccc(Br)c1. The Bertz CT molecular complexity index is 1060. The highest BCUT2D eigenvalue weighted by Crippen LogP contribution is 2.28. The molecule has 0 saturated carbocycles. The van der Waals surface area contributed by atoms with Crippen LogP contribution < -0.4 is 14.9 Å². The Morgan fingerprint density at radius 2 is 2.00 bits per heavy atom. The molecule has 8 nitrogen and oxygen atoms in total. The fourth-order valence-electron chi connectivity index (χ4n) is 2.26. The quantitative estimate of drug-likeness (QED) is 0.265. The molecule has 3 rings (SSSR count). The number of hydrogen-bond acceptors (Lipinski definition) is 7. The summed E-state index contributed by atoms with van der Waals surface area (Å²) < 4.78 is 11.5. The van der Waals surface area contributed by atoms with Gasteiger partial charge in [0.2, 0.25) is 0 Å². The number of methoxy groups -OCH3 is 1. The second-order valence-corrected chi connectivity index (χ2v) is 6.52.